The molecule has 0 bridgehead atoms. The number of ether oxygens (including phenoxy) is 1. The molecule has 0 radical (unpaired) electrons. The number of carbonyl (C=O) groups is 2. The molecule has 1 unspecified atom stereocenters. The highest BCUT2D eigenvalue weighted by molar-refractivity contribution is 5.99. The van der Waals surface area contributed by atoms with E-state index in [0.29, 0.717) is 11.3 Å². The van der Waals surface area contributed by atoms with Gasteiger partial charge >= 0.3 is 5.97 Å². The zero-order valence-electron chi connectivity index (χ0n) is 15.7. The Hall–Kier alpha value is -3.60. The van der Waals surface area contributed by atoms with Crippen molar-refractivity contribution in [1.29, 1.82) is 0 Å². The zero-order valence-corrected chi connectivity index (χ0v) is 15.7. The molecule has 0 spiro atoms. The Morgan fingerprint density at radius 2 is 1.61 bits per heavy atom. The van der Waals surface area contributed by atoms with E-state index in [1.165, 1.54) is 12.1 Å². The predicted molar refractivity (Wildman–Crippen MR) is 107 cm³/mol. The van der Waals surface area contributed by atoms with Crippen LogP contribution in [0.25, 0.3) is 0 Å². The van der Waals surface area contributed by atoms with Crippen LogP contribution in [-0.4, -0.2) is 17.0 Å². The van der Waals surface area contributed by atoms with E-state index >= 15 is 0 Å². The summed E-state index contributed by atoms with van der Waals surface area (Å²) in [6.07, 6.45) is -1.16. The summed E-state index contributed by atoms with van der Waals surface area (Å²) in [5.74, 6) is -1.44. The first-order valence-corrected chi connectivity index (χ1v) is 8.88. The number of aryl methyl sites for hydroxylation is 2. The van der Waals surface area contributed by atoms with Crippen molar-refractivity contribution in [3.8, 4) is 5.75 Å². The molecule has 0 aromatic heterocycles. The maximum Gasteiger partial charge on any atom is 0.343 e. The van der Waals surface area contributed by atoms with E-state index < -0.39 is 18.0 Å². The van der Waals surface area contributed by atoms with Gasteiger partial charge in [0.2, 0.25) is 6.10 Å². The SMILES string of the molecule is Cc1ccc(C)c(NC(=O)C(OC(=O)c2ccccc2O)c2ccccc2)c1. The number of hydrogen-bond acceptors (Lipinski definition) is 4. The molecule has 0 saturated carbocycles. The van der Waals surface area contributed by atoms with Crippen LogP contribution in [0.2, 0.25) is 0 Å². The van der Waals surface area contributed by atoms with E-state index in [0.717, 1.165) is 11.1 Å². The van der Waals surface area contributed by atoms with Crippen LogP contribution >= 0.6 is 0 Å². The number of nitrogens with one attached hydrogen (secondary N) is 1. The molecule has 3 aromatic rings. The number of phenols is 1. The molecule has 0 heterocycles. The number of carbonyl (C=O) groups excluding carboxylic acids is 2. The van der Waals surface area contributed by atoms with Gasteiger partial charge in [-0.2, -0.15) is 0 Å². The number of aromatic hydroxyl groups is 1. The first-order chi connectivity index (χ1) is 13.5. The summed E-state index contributed by atoms with van der Waals surface area (Å²) in [6.45, 7) is 3.82. The predicted octanol–water partition coefficient (Wildman–Crippen LogP) is 4.55. The van der Waals surface area contributed by atoms with Crippen LogP contribution in [0.4, 0.5) is 5.69 Å². The number of phenolic OH excluding ortho intramolecular Hbond substituents is 1. The van der Waals surface area contributed by atoms with Gasteiger partial charge in [0.05, 0.1) is 0 Å². The fourth-order valence-corrected chi connectivity index (χ4v) is 2.79. The monoisotopic (exact) mass is 375 g/mol. The fraction of sp³-hybridized carbons (Fsp3) is 0.130. The van der Waals surface area contributed by atoms with Crippen molar-refractivity contribution in [2.75, 3.05) is 5.32 Å². The smallest absolute Gasteiger partial charge is 0.343 e. The second-order valence-corrected chi connectivity index (χ2v) is 6.52. The molecule has 0 aliphatic heterocycles. The topological polar surface area (TPSA) is 75.6 Å². The summed E-state index contributed by atoms with van der Waals surface area (Å²) >= 11 is 0. The number of esters is 1. The highest BCUT2D eigenvalue weighted by Gasteiger charge is 2.27. The van der Waals surface area contributed by atoms with E-state index in [4.69, 9.17) is 4.74 Å². The molecule has 3 aromatic carbocycles. The van der Waals surface area contributed by atoms with Crippen molar-refractivity contribution >= 4 is 17.6 Å². The quantitative estimate of drug-likeness (QED) is 0.642. The molecule has 28 heavy (non-hydrogen) atoms. The number of para-hydroxylation sites is 1. The molecule has 1 atom stereocenters. The minimum atomic E-state index is -1.16. The second-order valence-electron chi connectivity index (χ2n) is 6.52. The fourth-order valence-electron chi connectivity index (χ4n) is 2.79. The van der Waals surface area contributed by atoms with Crippen molar-refractivity contribution in [3.63, 3.8) is 0 Å². The lowest BCUT2D eigenvalue weighted by atomic mass is 10.1. The molecule has 5 heteroatoms. The largest absolute Gasteiger partial charge is 0.507 e. The van der Waals surface area contributed by atoms with Crippen molar-refractivity contribution in [2.45, 2.75) is 20.0 Å². The average Bonchev–Trinajstić information content (AvgIpc) is 2.69. The van der Waals surface area contributed by atoms with Gasteiger partial charge in [-0.1, -0.05) is 54.6 Å². The van der Waals surface area contributed by atoms with Crippen LogP contribution in [-0.2, 0) is 9.53 Å². The Balaban J connectivity index is 1.89. The summed E-state index contributed by atoms with van der Waals surface area (Å²) < 4.78 is 5.50. The summed E-state index contributed by atoms with van der Waals surface area (Å²) in [6, 6.07) is 20.6. The lowest BCUT2D eigenvalue weighted by Gasteiger charge is -2.19. The summed E-state index contributed by atoms with van der Waals surface area (Å²) in [5, 5.41) is 12.7. The zero-order chi connectivity index (χ0) is 20.1. The molecule has 1 amide bonds. The standard InChI is InChI=1S/C23H21NO4/c1-15-12-13-16(2)19(14-15)24-22(26)21(17-8-4-3-5-9-17)28-23(27)18-10-6-7-11-20(18)25/h3-14,21,25H,1-2H3,(H,24,26). The molecule has 0 aliphatic rings. The molecule has 0 saturated heterocycles. The summed E-state index contributed by atoms with van der Waals surface area (Å²) in [4.78, 5) is 25.5. The lowest BCUT2D eigenvalue weighted by molar-refractivity contribution is -0.125. The first-order valence-electron chi connectivity index (χ1n) is 8.88. The number of benzene rings is 3. The summed E-state index contributed by atoms with van der Waals surface area (Å²) in [5.41, 5.74) is 3.10. The maximum absolute atomic E-state index is 13.0. The van der Waals surface area contributed by atoms with E-state index in [1.54, 1.807) is 36.4 Å². The summed E-state index contributed by atoms with van der Waals surface area (Å²) in [7, 11) is 0. The van der Waals surface area contributed by atoms with Gasteiger partial charge in [0.1, 0.15) is 11.3 Å². The number of anilines is 1. The molecule has 0 aliphatic carbocycles. The third-order valence-electron chi connectivity index (χ3n) is 4.34. The molecular formula is C23H21NO4. The maximum atomic E-state index is 13.0. The van der Waals surface area contributed by atoms with Gasteiger partial charge in [0, 0.05) is 11.3 Å². The van der Waals surface area contributed by atoms with Crippen molar-refractivity contribution in [1.82, 2.24) is 0 Å². The molecule has 142 valence electrons. The van der Waals surface area contributed by atoms with E-state index in [1.807, 2.05) is 38.1 Å². The van der Waals surface area contributed by atoms with Gasteiger partial charge in [-0.25, -0.2) is 4.79 Å². The highest BCUT2D eigenvalue weighted by Crippen LogP contribution is 2.25. The molecule has 3 rings (SSSR count). The molecule has 0 fully saturated rings. The highest BCUT2D eigenvalue weighted by atomic mass is 16.5. The Kier molecular flexibility index (Phi) is 5.75. The van der Waals surface area contributed by atoms with E-state index in [-0.39, 0.29) is 11.3 Å². The Morgan fingerprint density at radius 3 is 2.32 bits per heavy atom. The van der Waals surface area contributed by atoms with Gasteiger partial charge in [0.15, 0.2) is 0 Å². The average molecular weight is 375 g/mol. The van der Waals surface area contributed by atoms with E-state index in [9.17, 15) is 14.7 Å². The van der Waals surface area contributed by atoms with Crippen molar-refractivity contribution in [3.05, 3.63) is 95.1 Å². The van der Waals surface area contributed by atoms with Crippen LogP contribution in [0.5, 0.6) is 5.75 Å². The number of rotatable bonds is 5. The van der Waals surface area contributed by atoms with Crippen LogP contribution < -0.4 is 5.32 Å². The second kappa shape index (κ2) is 8.39. The van der Waals surface area contributed by atoms with Crippen LogP contribution in [0.15, 0.2) is 72.8 Å². The lowest BCUT2D eigenvalue weighted by Crippen LogP contribution is -2.26. The Morgan fingerprint density at radius 1 is 0.929 bits per heavy atom. The third kappa shape index (κ3) is 4.38. The first kappa shape index (κ1) is 19.2. The Bertz CT molecular complexity index is 998. The normalized spacial score (nSPS) is 11.5. The van der Waals surface area contributed by atoms with Crippen molar-refractivity contribution in [2.24, 2.45) is 0 Å². The van der Waals surface area contributed by atoms with Gasteiger partial charge in [-0.05, 0) is 43.2 Å². The Labute approximate surface area is 163 Å². The van der Waals surface area contributed by atoms with Gasteiger partial charge in [-0.3, -0.25) is 4.79 Å². The van der Waals surface area contributed by atoms with Gasteiger partial charge in [0.25, 0.3) is 5.91 Å². The molecule has 5 nitrogen and oxygen atoms in total. The van der Waals surface area contributed by atoms with Crippen LogP contribution in [0, 0.1) is 13.8 Å². The number of amides is 1. The van der Waals surface area contributed by atoms with E-state index in [2.05, 4.69) is 5.32 Å². The van der Waals surface area contributed by atoms with Gasteiger partial charge < -0.3 is 15.2 Å². The molecular weight excluding hydrogens is 354 g/mol. The minimum Gasteiger partial charge on any atom is -0.507 e. The van der Waals surface area contributed by atoms with Crippen LogP contribution in [0.1, 0.15) is 33.2 Å². The number of hydrogen-bond donors (Lipinski definition) is 2. The third-order valence-corrected chi connectivity index (χ3v) is 4.34. The minimum absolute atomic E-state index is 0.00275. The molecule has 2 N–H and O–H groups in total. The van der Waals surface area contributed by atoms with Crippen LogP contribution in [0.3, 0.4) is 0 Å². The van der Waals surface area contributed by atoms with Gasteiger partial charge in [-0.15, -0.1) is 0 Å². The van der Waals surface area contributed by atoms with Crippen molar-refractivity contribution < 1.29 is 19.4 Å².